The number of carbonyl (C=O) groups excluding carboxylic acids is 1. The Hall–Kier alpha value is -2.45. The topological polar surface area (TPSA) is 75.7 Å². The summed E-state index contributed by atoms with van der Waals surface area (Å²) in [4.78, 5) is 12.2. The third-order valence-corrected chi connectivity index (χ3v) is 5.66. The summed E-state index contributed by atoms with van der Waals surface area (Å²) in [6.07, 6.45) is 0.331. The van der Waals surface area contributed by atoms with Gasteiger partial charge in [0, 0.05) is 26.2 Å². The maximum absolute atomic E-state index is 13.6. The van der Waals surface area contributed by atoms with Gasteiger partial charge < -0.3 is 10.1 Å². The van der Waals surface area contributed by atoms with Gasteiger partial charge in [0.25, 0.3) is 5.91 Å². The van der Waals surface area contributed by atoms with Crippen LogP contribution in [-0.2, 0) is 16.4 Å². The minimum absolute atomic E-state index is 0.0910. The van der Waals surface area contributed by atoms with Gasteiger partial charge in [-0.25, -0.2) is 17.1 Å². The van der Waals surface area contributed by atoms with E-state index in [-0.39, 0.29) is 28.6 Å². The molecule has 0 spiro atoms. The van der Waals surface area contributed by atoms with Crippen molar-refractivity contribution in [1.29, 1.82) is 0 Å². The first-order valence-corrected chi connectivity index (χ1v) is 9.33. The Morgan fingerprint density at radius 2 is 1.88 bits per heavy atom. The average molecular weight is 380 g/mol. The summed E-state index contributed by atoms with van der Waals surface area (Å²) in [5.74, 6) is -0.619. The summed E-state index contributed by atoms with van der Waals surface area (Å²) >= 11 is 0. The molecular formula is C18H21FN2O4S. The second-order valence-corrected chi connectivity index (χ2v) is 7.87. The van der Waals surface area contributed by atoms with Gasteiger partial charge in [0.1, 0.15) is 16.5 Å². The molecule has 0 aliphatic carbocycles. The van der Waals surface area contributed by atoms with E-state index in [1.165, 1.54) is 45.5 Å². The predicted octanol–water partition coefficient (Wildman–Crippen LogP) is 2.06. The fraction of sp³-hybridized carbons (Fsp3) is 0.278. The van der Waals surface area contributed by atoms with Crippen molar-refractivity contribution in [3.8, 4) is 5.75 Å². The summed E-state index contributed by atoms with van der Waals surface area (Å²) < 4.78 is 44.5. The molecule has 1 N–H and O–H groups in total. The quantitative estimate of drug-likeness (QED) is 0.798. The lowest BCUT2D eigenvalue weighted by atomic mass is 10.1. The summed E-state index contributed by atoms with van der Waals surface area (Å²) in [6, 6.07) is 10.5. The molecule has 0 heterocycles. The highest BCUT2D eigenvalue weighted by atomic mass is 32.2. The van der Waals surface area contributed by atoms with Gasteiger partial charge in [-0.3, -0.25) is 4.79 Å². The lowest BCUT2D eigenvalue weighted by Gasteiger charge is -2.15. The largest absolute Gasteiger partial charge is 0.495 e. The van der Waals surface area contributed by atoms with Crippen LogP contribution in [0.15, 0.2) is 47.4 Å². The number of hydrogen-bond acceptors (Lipinski definition) is 4. The molecule has 6 nitrogen and oxygen atoms in total. The highest BCUT2D eigenvalue weighted by Crippen LogP contribution is 2.26. The lowest BCUT2D eigenvalue weighted by Crippen LogP contribution is -2.27. The first kappa shape index (κ1) is 19.9. The first-order chi connectivity index (χ1) is 12.3. The SMILES string of the molecule is COc1ccc(C(=O)NCCc2ccccc2F)cc1S(=O)(=O)N(C)C. The molecule has 2 aromatic rings. The third-order valence-electron chi connectivity index (χ3n) is 3.82. The second-order valence-electron chi connectivity index (χ2n) is 5.75. The number of nitrogens with zero attached hydrogens (tertiary/aromatic N) is 1. The molecule has 0 saturated heterocycles. The normalized spacial score (nSPS) is 11.4. The van der Waals surface area contributed by atoms with Crippen molar-refractivity contribution in [2.75, 3.05) is 27.7 Å². The van der Waals surface area contributed by atoms with E-state index in [1.807, 2.05) is 0 Å². The molecule has 8 heteroatoms. The number of sulfonamides is 1. The lowest BCUT2D eigenvalue weighted by molar-refractivity contribution is 0.0953. The maximum Gasteiger partial charge on any atom is 0.251 e. The smallest absolute Gasteiger partial charge is 0.251 e. The number of rotatable bonds is 7. The molecule has 26 heavy (non-hydrogen) atoms. The monoisotopic (exact) mass is 380 g/mol. The minimum Gasteiger partial charge on any atom is -0.495 e. The molecule has 0 bridgehead atoms. The molecule has 2 aromatic carbocycles. The van der Waals surface area contributed by atoms with E-state index >= 15 is 0 Å². The number of hydrogen-bond donors (Lipinski definition) is 1. The molecule has 0 aromatic heterocycles. The Bertz CT molecular complexity index is 898. The van der Waals surface area contributed by atoms with E-state index in [0.717, 1.165) is 4.31 Å². The zero-order valence-electron chi connectivity index (χ0n) is 14.8. The Morgan fingerprint density at radius 3 is 2.50 bits per heavy atom. The number of methoxy groups -OCH3 is 1. The number of ether oxygens (including phenoxy) is 1. The van der Waals surface area contributed by atoms with E-state index in [4.69, 9.17) is 4.74 Å². The Labute approximate surface area is 152 Å². The summed E-state index contributed by atoms with van der Waals surface area (Å²) in [5.41, 5.74) is 0.679. The zero-order chi connectivity index (χ0) is 19.3. The molecule has 0 fully saturated rings. The molecule has 0 aliphatic heterocycles. The van der Waals surface area contributed by atoms with Gasteiger partial charge >= 0.3 is 0 Å². The fourth-order valence-corrected chi connectivity index (χ4v) is 3.41. The van der Waals surface area contributed by atoms with Gasteiger partial charge in [0.05, 0.1) is 7.11 Å². The number of nitrogens with one attached hydrogen (secondary N) is 1. The van der Waals surface area contributed by atoms with Crippen molar-refractivity contribution in [3.63, 3.8) is 0 Å². The molecule has 0 unspecified atom stereocenters. The summed E-state index contributed by atoms with van der Waals surface area (Å²) in [5, 5.41) is 2.67. The standard InChI is InChI=1S/C18H21FN2O4S/c1-21(2)26(23,24)17-12-14(8-9-16(17)25-3)18(22)20-11-10-13-6-4-5-7-15(13)19/h4-9,12H,10-11H2,1-3H3,(H,20,22). The van der Waals surface area contributed by atoms with E-state index in [0.29, 0.717) is 12.0 Å². The van der Waals surface area contributed by atoms with Crippen molar-refractivity contribution in [3.05, 3.63) is 59.4 Å². The van der Waals surface area contributed by atoms with Crippen LogP contribution >= 0.6 is 0 Å². The summed E-state index contributed by atoms with van der Waals surface area (Å²) in [7, 11) is 0.391. The van der Waals surface area contributed by atoms with Gasteiger partial charge in [-0.15, -0.1) is 0 Å². The van der Waals surface area contributed by atoms with Crippen LogP contribution in [0, 0.1) is 5.82 Å². The van der Waals surface area contributed by atoms with Crippen LogP contribution in [-0.4, -0.2) is 46.4 Å². The molecule has 1 amide bonds. The van der Waals surface area contributed by atoms with Crippen molar-refractivity contribution >= 4 is 15.9 Å². The van der Waals surface area contributed by atoms with Crippen LogP contribution < -0.4 is 10.1 Å². The summed E-state index contributed by atoms with van der Waals surface area (Å²) in [6.45, 7) is 0.224. The maximum atomic E-state index is 13.6. The molecule has 140 valence electrons. The minimum atomic E-state index is -3.77. The van der Waals surface area contributed by atoms with Crippen LogP contribution in [0.1, 0.15) is 15.9 Å². The van der Waals surface area contributed by atoms with E-state index in [1.54, 1.807) is 18.2 Å². The van der Waals surface area contributed by atoms with Crippen molar-refractivity contribution in [2.24, 2.45) is 0 Å². The van der Waals surface area contributed by atoms with Gasteiger partial charge in [-0.05, 0) is 36.2 Å². The highest BCUT2D eigenvalue weighted by molar-refractivity contribution is 7.89. The molecule has 0 aliphatic rings. The van der Waals surface area contributed by atoms with Crippen LogP contribution in [0.3, 0.4) is 0 Å². The zero-order valence-corrected chi connectivity index (χ0v) is 15.6. The first-order valence-electron chi connectivity index (χ1n) is 7.89. The number of benzene rings is 2. The Kier molecular flexibility index (Phi) is 6.33. The fourth-order valence-electron chi connectivity index (χ4n) is 2.33. The Balaban J connectivity index is 2.15. The molecule has 0 saturated carbocycles. The number of amides is 1. The van der Waals surface area contributed by atoms with Crippen LogP contribution in [0.25, 0.3) is 0 Å². The molecular weight excluding hydrogens is 359 g/mol. The molecule has 2 rings (SSSR count). The van der Waals surface area contributed by atoms with Crippen molar-refractivity contribution in [2.45, 2.75) is 11.3 Å². The van der Waals surface area contributed by atoms with Gasteiger partial charge in [0.2, 0.25) is 10.0 Å². The number of halogens is 1. The van der Waals surface area contributed by atoms with Crippen LogP contribution in [0.2, 0.25) is 0 Å². The molecule has 0 radical (unpaired) electrons. The van der Waals surface area contributed by atoms with Crippen LogP contribution in [0.5, 0.6) is 5.75 Å². The highest BCUT2D eigenvalue weighted by Gasteiger charge is 2.23. The molecule has 0 atom stereocenters. The third kappa shape index (κ3) is 4.39. The second kappa shape index (κ2) is 8.29. The van der Waals surface area contributed by atoms with Gasteiger partial charge in [0.15, 0.2) is 0 Å². The van der Waals surface area contributed by atoms with Gasteiger partial charge in [-0.2, -0.15) is 0 Å². The van der Waals surface area contributed by atoms with Crippen molar-refractivity contribution < 1.29 is 22.3 Å². The van der Waals surface area contributed by atoms with E-state index in [2.05, 4.69) is 5.32 Å². The van der Waals surface area contributed by atoms with Gasteiger partial charge in [-0.1, -0.05) is 18.2 Å². The number of carbonyl (C=O) groups is 1. The van der Waals surface area contributed by atoms with E-state index in [9.17, 15) is 17.6 Å². The van der Waals surface area contributed by atoms with E-state index < -0.39 is 15.9 Å². The van der Waals surface area contributed by atoms with Crippen LogP contribution in [0.4, 0.5) is 4.39 Å². The van der Waals surface area contributed by atoms with Crippen molar-refractivity contribution in [1.82, 2.24) is 9.62 Å². The Morgan fingerprint density at radius 1 is 1.19 bits per heavy atom. The average Bonchev–Trinajstić information content (AvgIpc) is 2.62. The predicted molar refractivity (Wildman–Crippen MR) is 96.3 cm³/mol.